The van der Waals surface area contributed by atoms with Crippen molar-refractivity contribution >= 4 is 5.97 Å². The summed E-state index contributed by atoms with van der Waals surface area (Å²) >= 11 is 0. The number of fused-ring (bicyclic) bond motifs is 1. The van der Waals surface area contributed by atoms with E-state index in [1.165, 1.54) is 11.1 Å². The lowest BCUT2D eigenvalue weighted by molar-refractivity contribution is -0.139. The van der Waals surface area contributed by atoms with Crippen LogP contribution in [0.3, 0.4) is 0 Å². The Morgan fingerprint density at radius 1 is 1.11 bits per heavy atom. The van der Waals surface area contributed by atoms with Crippen LogP contribution in [-0.4, -0.2) is 11.1 Å². The summed E-state index contributed by atoms with van der Waals surface area (Å²) in [5.41, 5.74) is 3.59. The fourth-order valence-corrected chi connectivity index (χ4v) is 2.92. The van der Waals surface area contributed by atoms with Crippen LogP contribution in [-0.2, 0) is 11.2 Å². The number of benzene rings is 2. The predicted octanol–water partition coefficient (Wildman–Crippen LogP) is 3.58. The van der Waals surface area contributed by atoms with Gasteiger partial charge in [-0.05, 0) is 35.4 Å². The summed E-state index contributed by atoms with van der Waals surface area (Å²) in [5, 5.41) is 9.44. The van der Waals surface area contributed by atoms with Crippen molar-refractivity contribution in [2.45, 2.75) is 24.7 Å². The van der Waals surface area contributed by atoms with Gasteiger partial charge in [-0.3, -0.25) is 4.79 Å². The largest absolute Gasteiger partial charge is 0.481 e. The molecule has 2 aromatic rings. The van der Waals surface area contributed by atoms with E-state index in [0.717, 1.165) is 12.0 Å². The molecule has 0 amide bonds. The second-order valence-corrected chi connectivity index (χ2v) is 5.14. The van der Waals surface area contributed by atoms with E-state index in [1.54, 1.807) is 0 Å². The molecule has 0 aromatic heterocycles. The second-order valence-electron chi connectivity index (χ2n) is 5.14. The van der Waals surface area contributed by atoms with Gasteiger partial charge in [0.15, 0.2) is 0 Å². The van der Waals surface area contributed by atoms with Crippen molar-refractivity contribution in [3.8, 4) is 0 Å². The minimum Gasteiger partial charge on any atom is -0.481 e. The molecule has 1 aliphatic carbocycles. The van der Waals surface area contributed by atoms with Crippen LogP contribution in [0, 0.1) is 0 Å². The van der Waals surface area contributed by atoms with E-state index in [1.807, 2.05) is 42.5 Å². The highest BCUT2D eigenvalue weighted by Crippen LogP contribution is 2.41. The Morgan fingerprint density at radius 2 is 1.79 bits per heavy atom. The topological polar surface area (TPSA) is 37.3 Å². The first-order valence-corrected chi connectivity index (χ1v) is 6.61. The second kappa shape index (κ2) is 4.88. The Kier molecular flexibility index (Phi) is 3.08. The van der Waals surface area contributed by atoms with Gasteiger partial charge in [0.25, 0.3) is 0 Å². The van der Waals surface area contributed by atoms with Crippen molar-refractivity contribution in [3.63, 3.8) is 0 Å². The SMILES string of the molecule is O=C(O)C(CC1Cc2ccccc21)c1ccccc1. The lowest BCUT2D eigenvalue weighted by Crippen LogP contribution is -2.22. The van der Waals surface area contributed by atoms with E-state index >= 15 is 0 Å². The fraction of sp³-hybridized carbons (Fsp3) is 0.235. The summed E-state index contributed by atoms with van der Waals surface area (Å²) in [6.07, 6.45) is 1.70. The van der Waals surface area contributed by atoms with Gasteiger partial charge in [0.1, 0.15) is 0 Å². The minimum atomic E-state index is -0.726. The number of rotatable bonds is 4. The minimum absolute atomic E-state index is 0.387. The van der Waals surface area contributed by atoms with Crippen molar-refractivity contribution in [2.24, 2.45) is 0 Å². The molecule has 0 saturated carbocycles. The average molecular weight is 252 g/mol. The monoisotopic (exact) mass is 252 g/mol. The van der Waals surface area contributed by atoms with Crippen molar-refractivity contribution in [3.05, 3.63) is 71.3 Å². The highest BCUT2D eigenvalue weighted by Gasteiger charge is 2.31. The summed E-state index contributed by atoms with van der Waals surface area (Å²) in [6, 6.07) is 17.9. The Labute approximate surface area is 112 Å². The maximum Gasteiger partial charge on any atom is 0.310 e. The molecule has 2 atom stereocenters. The van der Waals surface area contributed by atoms with Crippen LogP contribution in [0.25, 0.3) is 0 Å². The first-order valence-electron chi connectivity index (χ1n) is 6.61. The molecule has 2 aromatic carbocycles. The van der Waals surface area contributed by atoms with Gasteiger partial charge in [0, 0.05) is 0 Å². The zero-order chi connectivity index (χ0) is 13.2. The highest BCUT2D eigenvalue weighted by atomic mass is 16.4. The van der Waals surface area contributed by atoms with Gasteiger partial charge in [-0.1, -0.05) is 54.6 Å². The van der Waals surface area contributed by atoms with Crippen molar-refractivity contribution in [1.82, 2.24) is 0 Å². The highest BCUT2D eigenvalue weighted by molar-refractivity contribution is 5.76. The molecule has 96 valence electrons. The molecular weight excluding hydrogens is 236 g/mol. The van der Waals surface area contributed by atoms with E-state index in [9.17, 15) is 9.90 Å². The molecule has 0 aliphatic heterocycles. The molecule has 2 unspecified atom stereocenters. The quantitative estimate of drug-likeness (QED) is 0.903. The van der Waals surface area contributed by atoms with Crippen LogP contribution in [0.5, 0.6) is 0 Å². The van der Waals surface area contributed by atoms with Crippen LogP contribution in [0.15, 0.2) is 54.6 Å². The molecule has 2 heteroatoms. The van der Waals surface area contributed by atoms with E-state index in [0.29, 0.717) is 12.3 Å². The van der Waals surface area contributed by atoms with Crippen molar-refractivity contribution < 1.29 is 9.90 Å². The van der Waals surface area contributed by atoms with Gasteiger partial charge in [0.05, 0.1) is 5.92 Å². The molecule has 1 N–H and O–H groups in total. The summed E-state index contributed by atoms with van der Waals surface area (Å²) < 4.78 is 0. The summed E-state index contributed by atoms with van der Waals surface area (Å²) in [4.78, 5) is 11.5. The third-order valence-corrected chi connectivity index (χ3v) is 3.98. The first kappa shape index (κ1) is 12.0. The van der Waals surface area contributed by atoms with Gasteiger partial charge in [-0.25, -0.2) is 0 Å². The maximum absolute atomic E-state index is 11.5. The molecule has 0 fully saturated rings. The summed E-state index contributed by atoms with van der Waals surface area (Å²) in [7, 11) is 0. The van der Waals surface area contributed by atoms with Gasteiger partial charge in [-0.2, -0.15) is 0 Å². The molecule has 3 rings (SSSR count). The van der Waals surface area contributed by atoms with Gasteiger partial charge < -0.3 is 5.11 Å². The summed E-state index contributed by atoms with van der Waals surface area (Å²) in [6.45, 7) is 0. The van der Waals surface area contributed by atoms with Crippen LogP contribution in [0.4, 0.5) is 0 Å². The number of hydrogen-bond donors (Lipinski definition) is 1. The number of aliphatic carboxylic acids is 1. The zero-order valence-corrected chi connectivity index (χ0v) is 10.6. The van der Waals surface area contributed by atoms with Crippen LogP contribution >= 0.6 is 0 Å². The summed E-state index contributed by atoms with van der Waals surface area (Å²) in [5.74, 6) is -0.743. The Bertz CT molecular complexity index is 589. The van der Waals surface area contributed by atoms with Gasteiger partial charge in [0.2, 0.25) is 0 Å². The standard InChI is InChI=1S/C17H16O2/c18-17(19)16(12-6-2-1-3-7-12)11-14-10-13-8-4-5-9-15(13)14/h1-9,14,16H,10-11H2,(H,18,19). The lowest BCUT2D eigenvalue weighted by atomic mass is 9.72. The Hall–Kier alpha value is -2.09. The van der Waals surface area contributed by atoms with Crippen molar-refractivity contribution in [2.75, 3.05) is 0 Å². The van der Waals surface area contributed by atoms with Crippen molar-refractivity contribution in [1.29, 1.82) is 0 Å². The molecule has 2 nitrogen and oxygen atoms in total. The predicted molar refractivity (Wildman–Crippen MR) is 74.3 cm³/mol. The number of hydrogen-bond acceptors (Lipinski definition) is 1. The average Bonchev–Trinajstić information content (AvgIpc) is 2.40. The van der Waals surface area contributed by atoms with Gasteiger partial charge >= 0.3 is 5.97 Å². The van der Waals surface area contributed by atoms with Crippen LogP contribution < -0.4 is 0 Å². The van der Waals surface area contributed by atoms with E-state index in [-0.39, 0.29) is 0 Å². The Balaban J connectivity index is 1.80. The molecule has 0 bridgehead atoms. The normalized spacial score (nSPS) is 18.2. The number of carboxylic acid groups (broad SMARTS) is 1. The fourth-order valence-electron chi connectivity index (χ4n) is 2.92. The van der Waals surface area contributed by atoms with E-state index < -0.39 is 11.9 Å². The first-order chi connectivity index (χ1) is 9.25. The zero-order valence-electron chi connectivity index (χ0n) is 10.6. The lowest BCUT2D eigenvalue weighted by Gasteiger charge is -2.32. The van der Waals surface area contributed by atoms with Crippen LogP contribution in [0.1, 0.15) is 34.9 Å². The number of carbonyl (C=O) groups is 1. The third-order valence-electron chi connectivity index (χ3n) is 3.98. The third kappa shape index (κ3) is 2.26. The molecule has 19 heavy (non-hydrogen) atoms. The molecule has 0 heterocycles. The maximum atomic E-state index is 11.5. The molecule has 1 aliphatic rings. The smallest absolute Gasteiger partial charge is 0.310 e. The molecule has 0 saturated heterocycles. The number of carboxylic acids is 1. The Morgan fingerprint density at radius 3 is 2.47 bits per heavy atom. The van der Waals surface area contributed by atoms with Crippen LogP contribution in [0.2, 0.25) is 0 Å². The van der Waals surface area contributed by atoms with E-state index in [4.69, 9.17) is 0 Å². The molecular formula is C17H16O2. The van der Waals surface area contributed by atoms with E-state index in [2.05, 4.69) is 12.1 Å². The van der Waals surface area contributed by atoms with Gasteiger partial charge in [-0.15, -0.1) is 0 Å². The molecule has 0 radical (unpaired) electrons. The molecule has 0 spiro atoms.